The van der Waals surface area contributed by atoms with Gasteiger partial charge in [-0.2, -0.15) is 0 Å². The van der Waals surface area contributed by atoms with Crippen LogP contribution in [0.4, 0.5) is 0 Å². The van der Waals surface area contributed by atoms with Crippen molar-refractivity contribution in [1.82, 2.24) is 29.9 Å². The number of aromatic carboxylic acids is 1. The maximum absolute atomic E-state index is 11.8. The fourth-order valence-electron chi connectivity index (χ4n) is 4.11. The molecule has 302 valence electrons. The van der Waals surface area contributed by atoms with Gasteiger partial charge in [0.1, 0.15) is 5.15 Å². The Bertz CT molecular complexity index is 2040. The molecule has 0 saturated carbocycles. The van der Waals surface area contributed by atoms with Crippen LogP contribution in [0.1, 0.15) is 74.6 Å². The SMILES string of the molecule is C.C.C.C.CCOC(=O)c1cccnc1-c1ccncc1.CCOC(=O)c1cccnc1Cl.O=C([O-])c1cccnc1-c1ccncc1.OB(O)c1ccncc1.[Li+]. The van der Waals surface area contributed by atoms with Crippen LogP contribution in [-0.4, -0.2) is 78.2 Å². The molecule has 6 rings (SSSR count). The van der Waals surface area contributed by atoms with Crippen LogP contribution in [0.5, 0.6) is 0 Å². The van der Waals surface area contributed by atoms with Gasteiger partial charge in [0.25, 0.3) is 0 Å². The Kier molecular flexibility index (Phi) is 30.5. The first-order chi connectivity index (χ1) is 25.7. The van der Waals surface area contributed by atoms with Crippen LogP contribution in [0, 0.1) is 0 Å². The van der Waals surface area contributed by atoms with Gasteiger partial charge in [-0.3, -0.25) is 24.9 Å². The molecule has 0 aliphatic rings. The van der Waals surface area contributed by atoms with Crippen molar-refractivity contribution in [1.29, 1.82) is 0 Å². The average molecular weight is 807 g/mol. The van der Waals surface area contributed by atoms with Crippen LogP contribution in [-0.2, 0) is 9.47 Å². The van der Waals surface area contributed by atoms with Crippen LogP contribution in [0.2, 0.25) is 5.15 Å². The Morgan fingerprint density at radius 1 is 0.586 bits per heavy atom. The summed E-state index contributed by atoms with van der Waals surface area (Å²) in [6, 6.07) is 19.8. The summed E-state index contributed by atoms with van der Waals surface area (Å²) in [6.07, 6.45) is 14.2. The molecule has 0 aliphatic heterocycles. The number of pyridine rings is 6. The van der Waals surface area contributed by atoms with Gasteiger partial charge in [-0.15, -0.1) is 0 Å². The summed E-state index contributed by atoms with van der Waals surface area (Å²) in [5.41, 5.74) is 3.91. The van der Waals surface area contributed by atoms with Crippen LogP contribution < -0.4 is 29.4 Å². The second-order valence-electron chi connectivity index (χ2n) is 10.00. The number of carboxylic acids is 1. The summed E-state index contributed by atoms with van der Waals surface area (Å²) in [5.74, 6) is -2.02. The molecule has 0 unspecified atom stereocenters. The number of halogens is 1. The van der Waals surface area contributed by atoms with Crippen molar-refractivity contribution in [3.8, 4) is 22.5 Å². The number of ether oxygens (including phenoxy) is 2. The summed E-state index contributed by atoms with van der Waals surface area (Å²) in [6.45, 7) is 4.20. The monoisotopic (exact) mass is 806 g/mol. The standard InChI is InChI=1S/C13H12N2O2.C11H8N2O2.C8H8ClNO2.C5H6BNO2.4CH4.Li/c1-2-17-13(16)11-4-3-7-15-12(11)10-5-8-14-9-6-10;14-11(15)9-2-1-5-13-10(9)8-3-6-12-7-4-8;1-2-12-8(11)6-4-3-5-10-7(6)9;8-6(9)5-1-3-7-4-2-5;;;;;/h3-9H,2H2,1H3;1-7H,(H,14,15);3-5H,2H2,1H3;1-4,8-9H;4*1H4;/q;;;;;;;;+1/p-1. The van der Waals surface area contributed by atoms with Crippen molar-refractivity contribution in [2.75, 3.05) is 13.2 Å². The molecular weight excluding hydrogens is 758 g/mol. The van der Waals surface area contributed by atoms with E-state index in [4.69, 9.17) is 31.1 Å². The zero-order valence-corrected chi connectivity index (χ0v) is 30.3. The third-order valence-electron chi connectivity index (χ3n) is 6.50. The molecule has 0 radical (unpaired) electrons. The van der Waals surface area contributed by atoms with Crippen molar-refractivity contribution < 1.29 is 57.9 Å². The van der Waals surface area contributed by atoms with E-state index >= 15 is 0 Å². The van der Waals surface area contributed by atoms with E-state index in [9.17, 15) is 19.5 Å². The minimum absolute atomic E-state index is 0. The molecule has 2 N–H and O–H groups in total. The van der Waals surface area contributed by atoms with E-state index in [2.05, 4.69) is 29.9 Å². The molecule has 14 nitrogen and oxygen atoms in total. The minimum Gasteiger partial charge on any atom is -0.545 e. The van der Waals surface area contributed by atoms with E-state index in [1.807, 2.05) is 12.1 Å². The third kappa shape index (κ3) is 18.4. The van der Waals surface area contributed by atoms with Crippen LogP contribution in [0.15, 0.2) is 129 Å². The number of hydrogen-bond acceptors (Lipinski definition) is 14. The van der Waals surface area contributed by atoms with Gasteiger partial charge in [0.05, 0.1) is 41.7 Å². The van der Waals surface area contributed by atoms with Gasteiger partial charge < -0.3 is 29.4 Å². The quantitative estimate of drug-likeness (QED) is 0.129. The van der Waals surface area contributed by atoms with Crippen LogP contribution in [0.3, 0.4) is 0 Å². The predicted molar refractivity (Wildman–Crippen MR) is 221 cm³/mol. The second-order valence-corrected chi connectivity index (χ2v) is 10.4. The van der Waals surface area contributed by atoms with Gasteiger partial charge in [-0.1, -0.05) is 41.3 Å². The van der Waals surface area contributed by atoms with E-state index in [0.29, 0.717) is 46.8 Å². The molecule has 0 fully saturated rings. The van der Waals surface area contributed by atoms with E-state index in [0.717, 1.165) is 5.56 Å². The molecule has 0 bridgehead atoms. The maximum Gasteiger partial charge on any atom is 1.00 e. The number of nitrogens with zero attached hydrogens (tertiary/aromatic N) is 6. The fraction of sp³-hybridized carbons (Fsp3) is 0.195. The summed E-state index contributed by atoms with van der Waals surface area (Å²) in [4.78, 5) is 57.2. The number of carboxylic acid groups (broad SMARTS) is 1. The largest absolute Gasteiger partial charge is 1.00 e. The first-order valence-electron chi connectivity index (χ1n) is 15.8. The topological polar surface area (TPSA) is 211 Å². The van der Waals surface area contributed by atoms with E-state index < -0.39 is 19.1 Å². The molecule has 0 atom stereocenters. The fourth-order valence-corrected chi connectivity index (χ4v) is 4.31. The number of rotatable bonds is 8. The Balaban J connectivity index is -0.000000691. The number of carbonyl (C=O) groups is 3. The normalized spacial score (nSPS) is 8.84. The van der Waals surface area contributed by atoms with Crippen molar-refractivity contribution in [2.24, 2.45) is 0 Å². The molecule has 0 saturated heterocycles. The smallest absolute Gasteiger partial charge is 0.545 e. The van der Waals surface area contributed by atoms with Crippen LogP contribution >= 0.6 is 11.6 Å². The predicted octanol–water partition coefficient (Wildman–Crippen LogP) is 3.05. The van der Waals surface area contributed by atoms with Crippen molar-refractivity contribution in [3.05, 3.63) is 150 Å². The molecule has 6 heterocycles. The van der Waals surface area contributed by atoms with Crippen molar-refractivity contribution >= 4 is 42.1 Å². The molecule has 0 aliphatic carbocycles. The van der Waals surface area contributed by atoms with Crippen molar-refractivity contribution in [3.63, 3.8) is 0 Å². The van der Waals surface area contributed by atoms with E-state index in [1.54, 1.807) is 106 Å². The maximum atomic E-state index is 11.8. The molecule has 58 heavy (non-hydrogen) atoms. The van der Waals surface area contributed by atoms with Gasteiger partial charge >= 0.3 is 37.9 Å². The van der Waals surface area contributed by atoms with Gasteiger partial charge in [0.2, 0.25) is 0 Å². The Morgan fingerprint density at radius 3 is 1.33 bits per heavy atom. The first-order valence-corrected chi connectivity index (χ1v) is 16.2. The second kappa shape index (κ2) is 31.3. The molecule has 0 spiro atoms. The van der Waals surface area contributed by atoms with Crippen molar-refractivity contribution in [2.45, 2.75) is 43.6 Å². The molecular formula is C41H49BClLiN6O8. The number of aromatic nitrogens is 6. The summed E-state index contributed by atoms with van der Waals surface area (Å²) < 4.78 is 9.74. The molecule has 0 amide bonds. The third-order valence-corrected chi connectivity index (χ3v) is 6.80. The van der Waals surface area contributed by atoms with E-state index in [-0.39, 0.29) is 65.3 Å². The number of esters is 2. The molecule has 17 heteroatoms. The summed E-state index contributed by atoms with van der Waals surface area (Å²) in [7, 11) is -1.38. The minimum atomic E-state index is -1.38. The van der Waals surface area contributed by atoms with E-state index in [1.165, 1.54) is 24.7 Å². The average Bonchev–Trinajstić information content (AvgIpc) is 3.20. The molecule has 6 aromatic heterocycles. The van der Waals surface area contributed by atoms with Crippen LogP contribution in [0.25, 0.3) is 22.5 Å². The zero-order valence-electron chi connectivity index (χ0n) is 29.5. The molecule has 0 aromatic carbocycles. The first kappa shape index (κ1) is 56.5. The van der Waals surface area contributed by atoms with Gasteiger partial charge in [-0.25, -0.2) is 14.6 Å². The Morgan fingerprint density at radius 2 is 0.948 bits per heavy atom. The Labute approximate surface area is 358 Å². The Hall–Kier alpha value is -5.82. The van der Waals surface area contributed by atoms with Gasteiger partial charge in [0, 0.05) is 72.5 Å². The van der Waals surface area contributed by atoms with Gasteiger partial charge in [-0.05, 0) is 92.1 Å². The van der Waals surface area contributed by atoms with Gasteiger partial charge in [0.15, 0.2) is 0 Å². The summed E-state index contributed by atoms with van der Waals surface area (Å²) >= 11 is 5.64. The number of hydrogen-bond donors (Lipinski definition) is 2. The summed E-state index contributed by atoms with van der Waals surface area (Å²) in [5, 5.41) is 28.1. The zero-order chi connectivity index (χ0) is 38.4. The number of carbonyl (C=O) groups excluding carboxylic acids is 3. The molecule has 6 aromatic rings.